The van der Waals surface area contributed by atoms with Gasteiger partial charge < -0.3 is 14.8 Å². The van der Waals surface area contributed by atoms with Crippen molar-refractivity contribution in [2.24, 2.45) is 0 Å². The van der Waals surface area contributed by atoms with Crippen molar-refractivity contribution < 1.29 is 19.1 Å². The first kappa shape index (κ1) is 18.7. The van der Waals surface area contributed by atoms with Gasteiger partial charge in [0.05, 0.1) is 13.2 Å². The highest BCUT2D eigenvalue weighted by Gasteiger charge is 2.24. The first-order valence-electron chi connectivity index (χ1n) is 8.17. The van der Waals surface area contributed by atoms with Crippen LogP contribution in [0.1, 0.15) is 53.4 Å². The van der Waals surface area contributed by atoms with Crippen molar-refractivity contribution in [3.05, 3.63) is 0 Å². The summed E-state index contributed by atoms with van der Waals surface area (Å²) in [6.07, 6.45) is 3.20. The van der Waals surface area contributed by atoms with Crippen LogP contribution in [0.4, 0.5) is 4.79 Å². The first-order valence-corrected chi connectivity index (χ1v) is 8.17. The van der Waals surface area contributed by atoms with Crippen molar-refractivity contribution in [3.63, 3.8) is 0 Å². The Labute approximate surface area is 133 Å². The fraction of sp³-hybridized carbons (Fsp3) is 0.875. The third-order valence-corrected chi connectivity index (χ3v) is 3.42. The summed E-state index contributed by atoms with van der Waals surface area (Å²) in [7, 11) is 0. The Morgan fingerprint density at radius 1 is 1.23 bits per heavy atom. The van der Waals surface area contributed by atoms with E-state index < -0.39 is 5.60 Å². The number of unbranched alkanes of at least 4 members (excludes halogenated alkanes) is 1. The molecule has 1 aliphatic rings. The molecule has 1 saturated heterocycles. The average Bonchev–Trinajstić information content (AvgIpc) is 2.39. The highest BCUT2D eigenvalue weighted by Crippen LogP contribution is 2.12. The van der Waals surface area contributed by atoms with Gasteiger partial charge in [-0.2, -0.15) is 0 Å². The molecule has 0 radical (unpaired) electrons. The van der Waals surface area contributed by atoms with Gasteiger partial charge in [0.15, 0.2) is 0 Å². The Bertz CT molecular complexity index is 358. The van der Waals surface area contributed by atoms with Gasteiger partial charge in [-0.1, -0.05) is 13.3 Å². The molecule has 0 saturated carbocycles. The van der Waals surface area contributed by atoms with Crippen molar-refractivity contribution in [1.29, 1.82) is 0 Å². The zero-order chi connectivity index (χ0) is 16.6. The summed E-state index contributed by atoms with van der Waals surface area (Å²) in [6, 6.07) is 0.113. The van der Waals surface area contributed by atoms with E-state index >= 15 is 0 Å². The van der Waals surface area contributed by atoms with E-state index in [2.05, 4.69) is 17.1 Å². The Balaban J connectivity index is 2.20. The van der Waals surface area contributed by atoms with Crippen LogP contribution >= 0.6 is 0 Å². The first-order chi connectivity index (χ1) is 10.3. The topological polar surface area (TPSA) is 67.9 Å². The molecular weight excluding hydrogens is 284 g/mol. The van der Waals surface area contributed by atoms with Crippen molar-refractivity contribution in [2.75, 3.05) is 26.2 Å². The normalized spacial score (nSPS) is 17.1. The highest BCUT2D eigenvalue weighted by molar-refractivity contribution is 5.71. The van der Waals surface area contributed by atoms with Crippen molar-refractivity contribution in [2.45, 2.75) is 65.0 Å². The number of amides is 1. The van der Waals surface area contributed by atoms with Crippen LogP contribution < -0.4 is 5.32 Å². The number of hydrogen-bond acceptors (Lipinski definition) is 5. The maximum Gasteiger partial charge on any atom is 0.407 e. The fourth-order valence-electron chi connectivity index (χ4n) is 2.27. The molecule has 0 aliphatic carbocycles. The molecule has 0 bridgehead atoms. The molecule has 0 atom stereocenters. The lowest BCUT2D eigenvalue weighted by molar-refractivity contribution is -0.145. The second-order valence-electron chi connectivity index (χ2n) is 6.77. The number of carbonyl (C=O) groups is 2. The average molecular weight is 314 g/mol. The number of carbonyl (C=O) groups excluding carboxylic acids is 2. The van der Waals surface area contributed by atoms with E-state index in [9.17, 15) is 9.59 Å². The number of nitrogens with zero attached hydrogens (tertiary/aromatic N) is 1. The van der Waals surface area contributed by atoms with Gasteiger partial charge in [-0.25, -0.2) is 4.79 Å². The van der Waals surface area contributed by atoms with Crippen LogP contribution in [0.15, 0.2) is 0 Å². The molecule has 1 amide bonds. The smallest absolute Gasteiger partial charge is 0.407 e. The third kappa shape index (κ3) is 8.22. The summed E-state index contributed by atoms with van der Waals surface area (Å²) in [6.45, 7) is 10.0. The summed E-state index contributed by atoms with van der Waals surface area (Å²) < 4.78 is 10.4. The number of nitrogens with one attached hydrogen (secondary N) is 1. The van der Waals surface area contributed by atoms with Crippen LogP contribution in [0.25, 0.3) is 0 Å². The summed E-state index contributed by atoms with van der Waals surface area (Å²) >= 11 is 0. The fourth-order valence-corrected chi connectivity index (χ4v) is 2.27. The molecular formula is C16H30N2O4. The number of hydrogen-bond donors (Lipinski definition) is 1. The van der Waals surface area contributed by atoms with Gasteiger partial charge >= 0.3 is 12.1 Å². The molecule has 22 heavy (non-hydrogen) atoms. The highest BCUT2D eigenvalue weighted by atomic mass is 16.6. The molecule has 0 aromatic rings. The molecule has 1 fully saturated rings. The molecule has 6 heteroatoms. The predicted octanol–water partition coefficient (Wildman–Crippen LogP) is 2.32. The molecule has 6 nitrogen and oxygen atoms in total. The van der Waals surface area contributed by atoms with E-state index in [1.165, 1.54) is 0 Å². The lowest BCUT2D eigenvalue weighted by Crippen LogP contribution is -2.47. The van der Waals surface area contributed by atoms with E-state index in [1.807, 2.05) is 20.8 Å². The standard InChI is InChI=1S/C16H30N2O4/c1-5-6-11-21-14(19)12-18-9-7-13(8-10-18)17-15(20)22-16(2,3)4/h13H,5-12H2,1-4H3,(H,17,20). The Morgan fingerprint density at radius 2 is 1.86 bits per heavy atom. The molecule has 0 aromatic heterocycles. The minimum atomic E-state index is -0.479. The molecule has 0 unspecified atom stereocenters. The summed E-state index contributed by atoms with van der Waals surface area (Å²) in [4.78, 5) is 25.4. The van der Waals surface area contributed by atoms with Crippen molar-refractivity contribution in [1.82, 2.24) is 10.2 Å². The maximum absolute atomic E-state index is 11.7. The van der Waals surface area contributed by atoms with Crippen LogP contribution in [0.3, 0.4) is 0 Å². The van der Waals surface area contributed by atoms with Crippen molar-refractivity contribution >= 4 is 12.1 Å². The van der Waals surface area contributed by atoms with Gasteiger partial charge in [0, 0.05) is 19.1 Å². The van der Waals surface area contributed by atoms with Gasteiger partial charge in [-0.3, -0.25) is 9.69 Å². The zero-order valence-electron chi connectivity index (χ0n) is 14.3. The van der Waals surface area contributed by atoms with Gasteiger partial charge in [0.1, 0.15) is 5.60 Å². The number of esters is 1. The quantitative estimate of drug-likeness (QED) is 0.602. The molecule has 128 valence electrons. The van der Waals surface area contributed by atoms with E-state index in [-0.39, 0.29) is 18.1 Å². The monoisotopic (exact) mass is 314 g/mol. The minimum absolute atomic E-state index is 0.113. The second kappa shape index (κ2) is 8.98. The predicted molar refractivity (Wildman–Crippen MR) is 84.7 cm³/mol. The van der Waals surface area contributed by atoms with E-state index in [0.29, 0.717) is 13.2 Å². The molecule has 1 aliphatic heterocycles. The lowest BCUT2D eigenvalue weighted by Gasteiger charge is -2.32. The van der Waals surface area contributed by atoms with Crippen LogP contribution in [0, 0.1) is 0 Å². The van der Waals surface area contributed by atoms with Crippen molar-refractivity contribution in [3.8, 4) is 0 Å². The minimum Gasteiger partial charge on any atom is -0.465 e. The number of ether oxygens (including phenoxy) is 2. The molecule has 0 aromatic carbocycles. The summed E-state index contributed by atoms with van der Waals surface area (Å²) in [5, 5.41) is 2.89. The van der Waals surface area contributed by atoms with Crippen LogP contribution in [-0.2, 0) is 14.3 Å². The number of alkyl carbamates (subject to hydrolysis) is 1. The van der Waals surface area contributed by atoms with Crippen LogP contribution in [0.5, 0.6) is 0 Å². The largest absolute Gasteiger partial charge is 0.465 e. The number of likely N-dealkylation sites (tertiary alicyclic amines) is 1. The third-order valence-electron chi connectivity index (χ3n) is 3.42. The molecule has 1 rings (SSSR count). The number of piperidine rings is 1. The van der Waals surface area contributed by atoms with E-state index in [4.69, 9.17) is 9.47 Å². The zero-order valence-corrected chi connectivity index (χ0v) is 14.3. The van der Waals surface area contributed by atoms with E-state index in [1.54, 1.807) is 0 Å². The second-order valence-corrected chi connectivity index (χ2v) is 6.77. The molecule has 1 heterocycles. The van der Waals surface area contributed by atoms with Gasteiger partial charge in [-0.05, 0) is 40.0 Å². The number of rotatable bonds is 6. The van der Waals surface area contributed by atoms with Gasteiger partial charge in [0.25, 0.3) is 0 Å². The SMILES string of the molecule is CCCCOC(=O)CN1CCC(NC(=O)OC(C)(C)C)CC1. The molecule has 0 spiro atoms. The summed E-state index contributed by atoms with van der Waals surface area (Å²) in [5.74, 6) is -0.160. The molecule has 1 N–H and O–H groups in total. The van der Waals surface area contributed by atoms with Gasteiger partial charge in [0.2, 0.25) is 0 Å². The van der Waals surface area contributed by atoms with Crippen LogP contribution in [0.2, 0.25) is 0 Å². The Morgan fingerprint density at radius 3 is 2.41 bits per heavy atom. The van der Waals surface area contributed by atoms with E-state index in [0.717, 1.165) is 38.8 Å². The van der Waals surface area contributed by atoms with Gasteiger partial charge in [-0.15, -0.1) is 0 Å². The summed E-state index contributed by atoms with van der Waals surface area (Å²) in [5.41, 5.74) is -0.479. The Kier molecular flexibility index (Phi) is 7.65. The van der Waals surface area contributed by atoms with Crippen LogP contribution in [-0.4, -0.2) is 54.8 Å². The Hall–Kier alpha value is -1.30. The lowest BCUT2D eigenvalue weighted by atomic mass is 10.1. The maximum atomic E-state index is 11.7.